The van der Waals surface area contributed by atoms with Gasteiger partial charge in [0.15, 0.2) is 0 Å². The number of hydrogen-bond donors (Lipinski definition) is 3. The Bertz CT molecular complexity index is 480. The number of carbonyl (C=O) groups is 1. The van der Waals surface area contributed by atoms with E-state index in [1.165, 1.54) is 0 Å². The minimum absolute atomic E-state index is 0.330. The summed E-state index contributed by atoms with van der Waals surface area (Å²) in [5.41, 5.74) is 10.6. The number of rotatable bonds is 6. The van der Waals surface area contributed by atoms with Crippen molar-refractivity contribution in [1.82, 2.24) is 5.48 Å². The molecule has 1 aromatic rings. The van der Waals surface area contributed by atoms with Crippen molar-refractivity contribution < 1.29 is 9.63 Å². The predicted molar refractivity (Wildman–Crippen MR) is 84.4 cm³/mol. The third kappa shape index (κ3) is 4.19. The number of nitrogens with zero attached hydrogens (tertiary/aromatic N) is 1. The van der Waals surface area contributed by atoms with E-state index in [9.17, 15) is 4.79 Å². The maximum absolute atomic E-state index is 12.3. The fraction of sp³-hybridized carbons (Fsp3) is 0.467. The molecule has 0 saturated heterocycles. The van der Waals surface area contributed by atoms with E-state index in [1.54, 1.807) is 0 Å². The first-order chi connectivity index (χ1) is 10.1. The summed E-state index contributed by atoms with van der Waals surface area (Å²) in [6.45, 7) is 6.36. The van der Waals surface area contributed by atoms with Gasteiger partial charge in [0, 0.05) is 0 Å². The SMILES string of the molecule is CCCONC(=O)N(C(=N)N)c1c(CC)cccc1CC. The third-order valence-corrected chi connectivity index (χ3v) is 3.10. The molecule has 0 radical (unpaired) electrons. The molecule has 6 heteroatoms. The molecule has 4 N–H and O–H groups in total. The van der Waals surface area contributed by atoms with Gasteiger partial charge in [0.05, 0.1) is 12.3 Å². The summed E-state index contributed by atoms with van der Waals surface area (Å²) in [5, 5.41) is 7.73. The maximum atomic E-state index is 12.3. The van der Waals surface area contributed by atoms with E-state index < -0.39 is 6.03 Å². The van der Waals surface area contributed by atoms with E-state index in [-0.39, 0.29) is 5.96 Å². The van der Waals surface area contributed by atoms with Crippen LogP contribution in [0.15, 0.2) is 18.2 Å². The van der Waals surface area contributed by atoms with Crippen molar-refractivity contribution in [2.24, 2.45) is 5.73 Å². The van der Waals surface area contributed by atoms with Crippen LogP contribution in [-0.4, -0.2) is 18.6 Å². The molecule has 0 spiro atoms. The molecule has 116 valence electrons. The molecule has 0 bridgehead atoms. The van der Waals surface area contributed by atoms with Gasteiger partial charge < -0.3 is 5.73 Å². The third-order valence-electron chi connectivity index (χ3n) is 3.10. The van der Waals surface area contributed by atoms with E-state index in [2.05, 4.69) is 5.48 Å². The largest absolute Gasteiger partial charge is 0.369 e. The molecule has 2 amide bonds. The number of benzene rings is 1. The summed E-state index contributed by atoms with van der Waals surface area (Å²) in [7, 11) is 0. The number of anilines is 1. The standard InChI is InChI=1S/C15H24N4O2/c1-4-10-21-18-15(20)19(14(16)17)13-11(5-2)8-7-9-12(13)6-3/h7-9H,4-6,10H2,1-3H3,(H3,16,17)(H,18,20). The fourth-order valence-electron chi connectivity index (χ4n) is 2.09. The molecule has 21 heavy (non-hydrogen) atoms. The highest BCUT2D eigenvalue weighted by Crippen LogP contribution is 2.27. The number of aryl methyl sites for hydroxylation is 2. The number of nitrogens with two attached hydrogens (primary N) is 1. The second-order valence-corrected chi connectivity index (χ2v) is 4.61. The Morgan fingerprint density at radius 3 is 2.29 bits per heavy atom. The summed E-state index contributed by atoms with van der Waals surface area (Å²) in [5.74, 6) is -0.330. The molecular weight excluding hydrogens is 268 g/mol. The van der Waals surface area contributed by atoms with Crippen LogP contribution in [0.4, 0.5) is 10.5 Å². The zero-order chi connectivity index (χ0) is 15.8. The van der Waals surface area contributed by atoms with Gasteiger partial charge in [0.2, 0.25) is 5.96 Å². The summed E-state index contributed by atoms with van der Waals surface area (Å²) >= 11 is 0. The molecule has 1 rings (SSSR count). The molecule has 1 aromatic carbocycles. The van der Waals surface area contributed by atoms with Crippen LogP contribution in [0.1, 0.15) is 38.3 Å². The Morgan fingerprint density at radius 2 is 1.86 bits per heavy atom. The Kier molecular flexibility index (Phi) is 6.68. The van der Waals surface area contributed by atoms with Gasteiger partial charge in [-0.05, 0) is 30.4 Å². The fourth-order valence-corrected chi connectivity index (χ4v) is 2.09. The molecule has 6 nitrogen and oxygen atoms in total. The van der Waals surface area contributed by atoms with Gasteiger partial charge in [0.1, 0.15) is 0 Å². The van der Waals surface area contributed by atoms with Crippen LogP contribution in [0.25, 0.3) is 0 Å². The molecule has 0 fully saturated rings. The van der Waals surface area contributed by atoms with E-state index in [0.717, 1.165) is 35.3 Å². The second-order valence-electron chi connectivity index (χ2n) is 4.61. The van der Waals surface area contributed by atoms with Crippen LogP contribution in [0.3, 0.4) is 0 Å². The predicted octanol–water partition coefficient (Wildman–Crippen LogP) is 2.56. The lowest BCUT2D eigenvalue weighted by Crippen LogP contribution is -2.48. The first-order valence-corrected chi connectivity index (χ1v) is 7.23. The summed E-state index contributed by atoms with van der Waals surface area (Å²) < 4.78 is 0. The zero-order valence-corrected chi connectivity index (χ0v) is 12.9. The van der Waals surface area contributed by atoms with Crippen molar-refractivity contribution in [3.05, 3.63) is 29.3 Å². The van der Waals surface area contributed by atoms with Gasteiger partial charge >= 0.3 is 6.03 Å². The molecule has 0 heterocycles. The minimum atomic E-state index is -0.549. The second kappa shape index (κ2) is 8.26. The zero-order valence-electron chi connectivity index (χ0n) is 12.9. The van der Waals surface area contributed by atoms with Gasteiger partial charge in [0.25, 0.3) is 0 Å². The van der Waals surface area contributed by atoms with Crippen LogP contribution in [0.2, 0.25) is 0 Å². The first-order valence-electron chi connectivity index (χ1n) is 7.23. The smallest absolute Gasteiger partial charge is 0.352 e. The number of amides is 2. The Balaban J connectivity index is 3.16. The number of nitrogens with one attached hydrogen (secondary N) is 2. The highest BCUT2D eigenvalue weighted by Gasteiger charge is 2.23. The average Bonchev–Trinajstić information content (AvgIpc) is 2.47. The Labute approximate surface area is 125 Å². The number of hydrogen-bond acceptors (Lipinski definition) is 3. The topological polar surface area (TPSA) is 91.4 Å². The van der Waals surface area contributed by atoms with Gasteiger partial charge in [-0.2, -0.15) is 0 Å². The molecule has 0 aliphatic rings. The lowest BCUT2D eigenvalue weighted by Gasteiger charge is -2.25. The number of para-hydroxylation sites is 1. The number of urea groups is 1. The van der Waals surface area contributed by atoms with Crippen molar-refractivity contribution in [1.29, 1.82) is 5.41 Å². The molecule has 0 atom stereocenters. The molecule has 0 aromatic heterocycles. The minimum Gasteiger partial charge on any atom is -0.369 e. The summed E-state index contributed by atoms with van der Waals surface area (Å²) in [6.07, 6.45) is 2.28. The van der Waals surface area contributed by atoms with E-state index in [4.69, 9.17) is 16.0 Å². The highest BCUT2D eigenvalue weighted by atomic mass is 16.7. The van der Waals surface area contributed by atoms with Crippen LogP contribution in [0.5, 0.6) is 0 Å². The lowest BCUT2D eigenvalue weighted by molar-refractivity contribution is 0.0650. The van der Waals surface area contributed by atoms with Crippen molar-refractivity contribution in [2.45, 2.75) is 40.0 Å². The summed E-state index contributed by atoms with van der Waals surface area (Å²) in [4.78, 5) is 18.5. The van der Waals surface area contributed by atoms with Crippen LogP contribution in [-0.2, 0) is 17.7 Å². The first kappa shape index (κ1) is 17.0. The van der Waals surface area contributed by atoms with Crippen molar-refractivity contribution in [3.8, 4) is 0 Å². The van der Waals surface area contributed by atoms with Gasteiger partial charge in [-0.25, -0.2) is 15.2 Å². The Hall–Kier alpha value is -2.08. The van der Waals surface area contributed by atoms with E-state index in [0.29, 0.717) is 12.3 Å². The van der Waals surface area contributed by atoms with Crippen molar-refractivity contribution in [2.75, 3.05) is 11.5 Å². The number of guanidine groups is 1. The maximum Gasteiger partial charge on any atom is 0.352 e. The highest BCUT2D eigenvalue weighted by molar-refractivity contribution is 6.14. The monoisotopic (exact) mass is 292 g/mol. The van der Waals surface area contributed by atoms with Gasteiger partial charge in [-0.1, -0.05) is 39.0 Å². The van der Waals surface area contributed by atoms with Crippen molar-refractivity contribution in [3.63, 3.8) is 0 Å². The molecule has 0 aliphatic carbocycles. The molecule has 0 saturated carbocycles. The average molecular weight is 292 g/mol. The van der Waals surface area contributed by atoms with Crippen LogP contribution < -0.4 is 16.1 Å². The van der Waals surface area contributed by atoms with Gasteiger partial charge in [-0.15, -0.1) is 0 Å². The van der Waals surface area contributed by atoms with Gasteiger partial charge in [-0.3, -0.25) is 10.2 Å². The number of carbonyl (C=O) groups excluding carboxylic acids is 1. The summed E-state index contributed by atoms with van der Waals surface area (Å²) in [6, 6.07) is 5.27. The number of hydroxylamine groups is 1. The molecule has 0 aliphatic heterocycles. The van der Waals surface area contributed by atoms with Crippen LogP contribution in [0, 0.1) is 5.41 Å². The van der Waals surface area contributed by atoms with Crippen LogP contribution >= 0.6 is 0 Å². The van der Waals surface area contributed by atoms with E-state index >= 15 is 0 Å². The molecular formula is C15H24N4O2. The quantitative estimate of drug-likeness (QED) is 0.326. The molecule has 0 unspecified atom stereocenters. The Morgan fingerprint density at radius 1 is 1.29 bits per heavy atom. The van der Waals surface area contributed by atoms with E-state index in [1.807, 2.05) is 39.0 Å². The normalized spacial score (nSPS) is 10.2. The lowest BCUT2D eigenvalue weighted by atomic mass is 10.0. The van der Waals surface area contributed by atoms with Crippen molar-refractivity contribution >= 4 is 17.7 Å².